The summed E-state index contributed by atoms with van der Waals surface area (Å²) in [7, 11) is 0. The summed E-state index contributed by atoms with van der Waals surface area (Å²) in [5, 5.41) is 0. The van der Waals surface area contributed by atoms with E-state index in [4.69, 9.17) is 0 Å². The summed E-state index contributed by atoms with van der Waals surface area (Å²) in [6.45, 7) is 2.81. The predicted molar refractivity (Wildman–Crippen MR) is 40.4 cm³/mol. The molecule has 0 fully saturated rings. The second kappa shape index (κ2) is 22.4. The number of Topliss-reactive ketones (excluding diaryl/α,β-unsaturated/α-hetero) is 2. The van der Waals surface area contributed by atoms with Gasteiger partial charge in [0.15, 0.2) is 0 Å². The maximum absolute atomic E-state index is 10.0. The van der Waals surface area contributed by atoms with Crippen LogP contribution in [0.25, 0.3) is 0 Å². The van der Waals surface area contributed by atoms with E-state index in [2.05, 4.69) is 0 Å². The largest absolute Gasteiger partial charge is 0.412 e. The first-order chi connectivity index (χ1) is 3.13. The molecule has 0 heterocycles. The first-order valence-corrected chi connectivity index (χ1v) is 2.12. The Morgan fingerprint density at radius 3 is 1.00 bits per heavy atom. The molecule has 0 saturated heterocycles. The third-order valence-electron chi connectivity index (χ3n) is 0.498. The fraction of sp³-hybridized carbons (Fsp3) is 0.600. The van der Waals surface area contributed by atoms with E-state index in [-0.39, 0.29) is 61.6 Å². The molecule has 0 aliphatic carbocycles. The van der Waals surface area contributed by atoms with E-state index in [1.807, 2.05) is 0 Å². The van der Waals surface area contributed by atoms with Gasteiger partial charge in [-0.3, -0.25) is 9.59 Å². The molecule has 0 spiro atoms. The van der Waals surface area contributed by atoms with Crippen LogP contribution in [0.2, 0.25) is 0 Å². The van der Waals surface area contributed by atoms with E-state index in [0.29, 0.717) is 0 Å². The summed E-state index contributed by atoms with van der Waals surface area (Å²) in [6, 6.07) is 0. The minimum Gasteiger partial charge on any atom is -0.412 e. The van der Waals surface area contributed by atoms with Crippen LogP contribution in [0.4, 0.5) is 0 Å². The molecule has 0 unspecified atom stereocenters. The average Bonchev–Trinajstić information content (AvgIpc) is 1.27. The molecule has 0 rings (SSSR count). The van der Waals surface area contributed by atoms with Crippen molar-refractivity contribution in [2.45, 2.75) is 20.3 Å². The maximum Gasteiger partial charge on any atom is 0.137 e. The summed E-state index contributed by atoms with van der Waals surface area (Å²) < 4.78 is 0. The van der Waals surface area contributed by atoms with E-state index in [0.717, 1.165) is 0 Å². The molecule has 0 amide bonds. The number of hydrogen-bond acceptors (Lipinski definition) is 2. The second-order valence-electron chi connectivity index (χ2n) is 1.58. The van der Waals surface area contributed by atoms with Gasteiger partial charge in [-0.2, -0.15) is 0 Å². The van der Waals surface area contributed by atoms with Crippen LogP contribution in [-0.4, -0.2) is 33.5 Å². The molecule has 0 aliphatic rings. The predicted octanol–water partition coefficient (Wildman–Crippen LogP) is -2.75. The summed E-state index contributed by atoms with van der Waals surface area (Å²) >= 11 is 0. The van der Waals surface area contributed by atoms with Gasteiger partial charge in [0, 0.05) is 21.7 Å². The molecule has 0 aromatic heterocycles. The number of carbonyl (C=O) groups is 2. The number of carbonyl (C=O) groups excluding carboxylic acids is 2. The Morgan fingerprint density at radius 1 is 0.833 bits per heavy atom. The van der Waals surface area contributed by atoms with Crippen LogP contribution in [0.5, 0.6) is 0 Å². The molecule has 0 atom stereocenters. The minimum atomic E-state index is -0.0625. The normalized spacial score (nSPS) is 4.83. The van der Waals surface area contributed by atoms with Crippen molar-refractivity contribution in [3.63, 3.8) is 0 Å². The van der Waals surface area contributed by atoms with Crippen molar-refractivity contribution in [1.29, 1.82) is 0 Å². The van der Waals surface area contributed by atoms with Crippen LogP contribution in [0.1, 0.15) is 20.3 Å². The summed E-state index contributed by atoms with van der Waals surface area (Å²) in [6.07, 6.45) is 0.0833. The van der Waals surface area contributed by atoms with Gasteiger partial charge in [-0.15, -0.1) is 0 Å². The van der Waals surface area contributed by atoms with Crippen molar-refractivity contribution >= 4 is 11.6 Å². The first kappa shape index (κ1) is 40.6. The quantitative estimate of drug-likeness (QED) is 0.364. The van der Waals surface area contributed by atoms with Crippen molar-refractivity contribution in [3.8, 4) is 0 Å². The van der Waals surface area contributed by atoms with Gasteiger partial charge in [-0.05, 0) is 13.8 Å². The fourth-order valence-electron chi connectivity index (χ4n) is 0.351. The first-order valence-electron chi connectivity index (χ1n) is 2.12. The van der Waals surface area contributed by atoms with Crippen LogP contribution >= 0.6 is 0 Å². The molecule has 0 radical (unpaired) electrons. The number of hydrogen-bond donors (Lipinski definition) is 0. The zero-order chi connectivity index (χ0) is 5.86. The summed E-state index contributed by atoms with van der Waals surface area (Å²) in [5.74, 6) is -0.125. The van der Waals surface area contributed by atoms with Gasteiger partial charge in [0.25, 0.3) is 0 Å². The van der Waals surface area contributed by atoms with Crippen molar-refractivity contribution in [2.24, 2.45) is 0 Å². The standard InChI is InChI=1S/C5H8O2.4H2O.Ti/c1-4(6)3-5(2)7;;;;;/h3H2,1-2H3;4*1H2;. The van der Waals surface area contributed by atoms with E-state index in [1.165, 1.54) is 13.8 Å². The zero-order valence-corrected chi connectivity index (χ0v) is 8.59. The third kappa shape index (κ3) is 51.6. The Kier molecular flexibility index (Phi) is 76.0. The monoisotopic (exact) mass is 220 g/mol. The van der Waals surface area contributed by atoms with Gasteiger partial charge in [-0.1, -0.05) is 0 Å². The molecular weight excluding hydrogens is 204 g/mol. The Labute approximate surface area is 85.5 Å². The van der Waals surface area contributed by atoms with E-state index in [9.17, 15) is 9.59 Å². The van der Waals surface area contributed by atoms with Crippen LogP contribution in [0.3, 0.4) is 0 Å². The molecular formula is C5H16O6Ti. The Morgan fingerprint density at radius 2 is 1.00 bits per heavy atom. The second-order valence-corrected chi connectivity index (χ2v) is 1.58. The molecule has 0 saturated carbocycles. The fourth-order valence-corrected chi connectivity index (χ4v) is 0.351. The SMILES string of the molecule is CC(=O)CC(C)=O.O.O.O.O.[Ti]. The van der Waals surface area contributed by atoms with E-state index < -0.39 is 0 Å². The van der Waals surface area contributed by atoms with Gasteiger partial charge >= 0.3 is 0 Å². The van der Waals surface area contributed by atoms with Crippen molar-refractivity contribution < 1.29 is 53.2 Å². The molecule has 8 N–H and O–H groups in total. The Bertz CT molecular complexity index is 92.1. The molecule has 0 aromatic rings. The Hall–Kier alpha value is -0.106. The van der Waals surface area contributed by atoms with E-state index in [1.54, 1.807) is 0 Å². The third-order valence-corrected chi connectivity index (χ3v) is 0.498. The topological polar surface area (TPSA) is 160 Å². The van der Waals surface area contributed by atoms with Gasteiger partial charge in [-0.25, -0.2) is 0 Å². The van der Waals surface area contributed by atoms with Gasteiger partial charge in [0.1, 0.15) is 11.6 Å². The number of ketones is 2. The van der Waals surface area contributed by atoms with Gasteiger partial charge in [0.05, 0.1) is 6.42 Å². The molecule has 6 nitrogen and oxygen atoms in total. The molecule has 76 valence electrons. The van der Waals surface area contributed by atoms with Crippen molar-refractivity contribution in [3.05, 3.63) is 0 Å². The minimum absolute atomic E-state index is 0. The average molecular weight is 220 g/mol. The molecule has 7 heteroatoms. The molecule has 0 aromatic carbocycles. The van der Waals surface area contributed by atoms with Crippen LogP contribution in [0.15, 0.2) is 0 Å². The van der Waals surface area contributed by atoms with Crippen molar-refractivity contribution in [1.82, 2.24) is 0 Å². The maximum atomic E-state index is 10.0. The molecule has 12 heavy (non-hydrogen) atoms. The van der Waals surface area contributed by atoms with Gasteiger partial charge < -0.3 is 21.9 Å². The smallest absolute Gasteiger partial charge is 0.137 e. The zero-order valence-electron chi connectivity index (χ0n) is 7.02. The van der Waals surface area contributed by atoms with Gasteiger partial charge in [0.2, 0.25) is 0 Å². The molecule has 0 bridgehead atoms. The summed E-state index contributed by atoms with van der Waals surface area (Å²) in [4.78, 5) is 20.1. The number of rotatable bonds is 2. The van der Waals surface area contributed by atoms with E-state index >= 15 is 0 Å². The molecule has 0 aliphatic heterocycles. The van der Waals surface area contributed by atoms with Crippen LogP contribution in [0, 0.1) is 0 Å². The van der Waals surface area contributed by atoms with Crippen LogP contribution in [-0.2, 0) is 31.3 Å². The van der Waals surface area contributed by atoms with Crippen molar-refractivity contribution in [2.75, 3.05) is 0 Å². The Balaban J connectivity index is -0.0000000180. The summed E-state index contributed by atoms with van der Waals surface area (Å²) in [5.41, 5.74) is 0. The van der Waals surface area contributed by atoms with Crippen LogP contribution < -0.4 is 0 Å².